The highest BCUT2D eigenvalue weighted by molar-refractivity contribution is 7.46. The molecular weight excluding hydrogens is 297 g/mol. The number of phosphoric ester groups is 1. The zero-order valence-electron chi connectivity index (χ0n) is 10.7. The number of rotatable bonds is 6. The predicted octanol–water partition coefficient (Wildman–Crippen LogP) is -2.52. The van der Waals surface area contributed by atoms with Gasteiger partial charge in [-0.2, -0.15) is 0 Å². The van der Waals surface area contributed by atoms with Crippen LogP contribution in [-0.4, -0.2) is 69.6 Å². The molecular formula is C9H18NO9P. The van der Waals surface area contributed by atoms with E-state index in [4.69, 9.17) is 25.0 Å². The molecule has 1 rings (SSSR count). The van der Waals surface area contributed by atoms with Crippen LogP contribution in [-0.2, 0) is 23.4 Å². The Balaban J connectivity index is 2.65. The van der Waals surface area contributed by atoms with Gasteiger partial charge in [0.1, 0.15) is 24.9 Å². The van der Waals surface area contributed by atoms with Crippen LogP contribution in [0.5, 0.6) is 0 Å². The van der Waals surface area contributed by atoms with Gasteiger partial charge in [-0.05, 0) is 6.92 Å². The number of carbonyl (C=O) groups excluding carboxylic acids is 1. The van der Waals surface area contributed by atoms with E-state index in [1.54, 1.807) is 0 Å². The summed E-state index contributed by atoms with van der Waals surface area (Å²) in [5.74, 6) is -0.301. The second kappa shape index (κ2) is 7.03. The van der Waals surface area contributed by atoms with Crippen molar-refractivity contribution in [2.24, 2.45) is 5.73 Å². The first-order valence-electron chi connectivity index (χ1n) is 5.70. The molecule has 0 aromatic rings. The number of hydrogen-bond donors (Lipinski definition) is 5. The number of hydrogen-bond acceptors (Lipinski definition) is 8. The predicted molar refractivity (Wildman–Crippen MR) is 63.3 cm³/mol. The normalized spacial score (nSPS) is 35.0. The van der Waals surface area contributed by atoms with Gasteiger partial charge >= 0.3 is 7.82 Å². The van der Waals surface area contributed by atoms with E-state index in [0.717, 1.165) is 0 Å². The number of nitrogens with two attached hydrogens (primary N) is 1. The highest BCUT2D eigenvalue weighted by Gasteiger charge is 2.44. The molecule has 0 aromatic carbocycles. The van der Waals surface area contributed by atoms with Crippen molar-refractivity contribution in [3.05, 3.63) is 0 Å². The molecule has 20 heavy (non-hydrogen) atoms. The summed E-state index contributed by atoms with van der Waals surface area (Å²) in [6.07, 6.45) is -5.42. The third-order valence-corrected chi connectivity index (χ3v) is 3.09. The molecule has 0 bridgehead atoms. The molecule has 6 N–H and O–H groups in total. The van der Waals surface area contributed by atoms with Crippen molar-refractivity contribution >= 4 is 13.6 Å². The van der Waals surface area contributed by atoms with Crippen molar-refractivity contribution in [3.63, 3.8) is 0 Å². The minimum atomic E-state index is -4.74. The summed E-state index contributed by atoms with van der Waals surface area (Å²) in [5.41, 5.74) is 5.58. The largest absolute Gasteiger partial charge is 0.469 e. The second-order valence-electron chi connectivity index (χ2n) is 4.40. The zero-order chi connectivity index (χ0) is 15.5. The first-order valence-corrected chi connectivity index (χ1v) is 7.23. The van der Waals surface area contributed by atoms with Crippen LogP contribution in [0, 0.1) is 0 Å². The van der Waals surface area contributed by atoms with Crippen LogP contribution in [0.15, 0.2) is 0 Å². The Morgan fingerprint density at radius 3 is 2.45 bits per heavy atom. The molecule has 0 aromatic heterocycles. The van der Waals surface area contributed by atoms with E-state index in [2.05, 4.69) is 4.52 Å². The number of carbonyl (C=O) groups is 1. The number of ketones is 1. The van der Waals surface area contributed by atoms with Crippen LogP contribution in [0.25, 0.3) is 0 Å². The lowest BCUT2D eigenvalue weighted by Crippen LogP contribution is -2.62. The minimum absolute atomic E-state index is 0.301. The van der Waals surface area contributed by atoms with E-state index in [1.807, 2.05) is 0 Å². The average Bonchev–Trinajstić information content (AvgIpc) is 2.32. The Bertz CT molecular complexity index is 386. The van der Waals surface area contributed by atoms with Gasteiger partial charge in [0, 0.05) is 0 Å². The number of aliphatic hydroxyl groups is 2. The van der Waals surface area contributed by atoms with E-state index in [-0.39, 0.29) is 12.4 Å². The van der Waals surface area contributed by atoms with Crippen molar-refractivity contribution < 1.29 is 43.4 Å². The van der Waals surface area contributed by atoms with Crippen LogP contribution in [0.3, 0.4) is 0 Å². The Morgan fingerprint density at radius 2 is 1.95 bits per heavy atom. The van der Waals surface area contributed by atoms with Crippen LogP contribution >= 0.6 is 7.82 Å². The summed E-state index contributed by atoms with van der Waals surface area (Å²) in [6, 6.07) is -1.12. The second-order valence-corrected chi connectivity index (χ2v) is 5.64. The van der Waals surface area contributed by atoms with Crippen molar-refractivity contribution in [1.82, 2.24) is 0 Å². The Kier molecular flexibility index (Phi) is 6.20. The van der Waals surface area contributed by atoms with Gasteiger partial charge in [0.25, 0.3) is 0 Å². The first kappa shape index (κ1) is 17.6. The van der Waals surface area contributed by atoms with E-state index in [9.17, 15) is 19.6 Å². The summed E-state index contributed by atoms with van der Waals surface area (Å²) in [5, 5.41) is 19.4. The van der Waals surface area contributed by atoms with Gasteiger partial charge in [-0.3, -0.25) is 9.32 Å². The molecule has 0 aliphatic carbocycles. The Morgan fingerprint density at radius 1 is 1.35 bits per heavy atom. The zero-order valence-corrected chi connectivity index (χ0v) is 11.6. The molecule has 118 valence electrons. The molecule has 2 unspecified atom stereocenters. The summed E-state index contributed by atoms with van der Waals surface area (Å²) in [4.78, 5) is 28.0. The molecule has 1 fully saturated rings. The molecule has 1 aliphatic rings. The Labute approximate surface area is 114 Å². The van der Waals surface area contributed by atoms with Gasteiger partial charge in [-0.25, -0.2) is 4.57 Å². The van der Waals surface area contributed by atoms with Gasteiger partial charge < -0.3 is 35.2 Å². The molecule has 1 heterocycles. The van der Waals surface area contributed by atoms with Crippen LogP contribution in [0.2, 0.25) is 0 Å². The maximum absolute atomic E-state index is 10.8. The maximum atomic E-state index is 10.8. The highest BCUT2D eigenvalue weighted by Crippen LogP contribution is 2.36. The lowest BCUT2D eigenvalue weighted by atomic mass is 9.98. The van der Waals surface area contributed by atoms with Gasteiger partial charge in [-0.15, -0.1) is 0 Å². The molecule has 0 spiro atoms. The smallest absolute Gasteiger partial charge is 0.388 e. The molecule has 11 heteroatoms. The van der Waals surface area contributed by atoms with E-state index in [0.29, 0.717) is 0 Å². The van der Waals surface area contributed by atoms with E-state index >= 15 is 0 Å². The minimum Gasteiger partial charge on any atom is -0.388 e. The fraction of sp³-hybridized carbons (Fsp3) is 0.889. The topological polar surface area (TPSA) is 169 Å². The number of phosphoric acid groups is 1. The molecule has 5 atom stereocenters. The molecule has 0 radical (unpaired) electrons. The van der Waals surface area contributed by atoms with Gasteiger partial charge in [0.15, 0.2) is 12.1 Å². The van der Waals surface area contributed by atoms with E-state index < -0.39 is 45.1 Å². The number of aliphatic hydroxyl groups excluding tert-OH is 2. The monoisotopic (exact) mass is 315 g/mol. The van der Waals surface area contributed by atoms with Gasteiger partial charge in [0.2, 0.25) is 0 Å². The SMILES string of the molecule is CC(=O)CO[C@@H]1OC(COP(=O)(O)O)[C@H](O)[C@H](O)C1N. The number of ether oxygens (including phenoxy) is 2. The summed E-state index contributed by atoms with van der Waals surface area (Å²) in [6.45, 7) is 0.288. The van der Waals surface area contributed by atoms with Gasteiger partial charge in [0.05, 0.1) is 12.6 Å². The molecule has 10 nitrogen and oxygen atoms in total. The third-order valence-electron chi connectivity index (χ3n) is 2.61. The van der Waals surface area contributed by atoms with Gasteiger partial charge in [-0.1, -0.05) is 0 Å². The summed E-state index contributed by atoms with van der Waals surface area (Å²) < 4.78 is 25.0. The van der Waals surface area contributed by atoms with Crippen molar-refractivity contribution in [2.75, 3.05) is 13.2 Å². The fourth-order valence-corrected chi connectivity index (χ4v) is 1.95. The van der Waals surface area contributed by atoms with Crippen molar-refractivity contribution in [2.45, 2.75) is 37.6 Å². The third kappa shape index (κ3) is 5.17. The van der Waals surface area contributed by atoms with Crippen LogP contribution in [0.1, 0.15) is 6.92 Å². The molecule has 1 aliphatic heterocycles. The van der Waals surface area contributed by atoms with Crippen molar-refractivity contribution in [3.8, 4) is 0 Å². The summed E-state index contributed by atoms with van der Waals surface area (Å²) >= 11 is 0. The maximum Gasteiger partial charge on any atom is 0.469 e. The first-order chi connectivity index (χ1) is 9.11. The quantitative estimate of drug-likeness (QED) is 0.329. The highest BCUT2D eigenvalue weighted by atomic mass is 31.2. The lowest BCUT2D eigenvalue weighted by molar-refractivity contribution is -0.262. The van der Waals surface area contributed by atoms with Crippen LogP contribution in [0.4, 0.5) is 0 Å². The fourth-order valence-electron chi connectivity index (χ4n) is 1.61. The molecule has 0 amide bonds. The van der Waals surface area contributed by atoms with E-state index in [1.165, 1.54) is 6.92 Å². The van der Waals surface area contributed by atoms with Crippen molar-refractivity contribution in [1.29, 1.82) is 0 Å². The van der Waals surface area contributed by atoms with Crippen LogP contribution < -0.4 is 5.73 Å². The Hall–Kier alpha value is -0.420. The number of Topliss-reactive ketones (excluding diaryl/α,β-unsaturated/α-hetero) is 1. The molecule has 0 saturated carbocycles. The average molecular weight is 315 g/mol. The standard InChI is InChI=1S/C9H18NO9P/c1-4(11)2-17-9-6(10)8(13)7(12)5(19-9)3-18-20(14,15)16/h5-9,12-13H,2-3,10H2,1H3,(H2,14,15,16)/t5?,6?,7-,8+,9+/m0/s1. The molecule has 1 saturated heterocycles. The summed E-state index contributed by atoms with van der Waals surface area (Å²) in [7, 11) is -4.74. The lowest BCUT2D eigenvalue weighted by Gasteiger charge is -2.40.